The first-order chi connectivity index (χ1) is 27.2. The Morgan fingerprint density at radius 3 is 2.21 bits per heavy atom. The van der Waals surface area contributed by atoms with Crippen molar-refractivity contribution in [1.29, 1.82) is 0 Å². The molecule has 4 aromatic rings. The molecule has 14 nitrogen and oxygen atoms in total. The van der Waals surface area contributed by atoms with E-state index in [9.17, 15) is 36.7 Å². The Balaban J connectivity index is 1.02. The Hall–Kier alpha value is -6.04. The number of ether oxygens (including phenoxy) is 2. The van der Waals surface area contributed by atoms with Gasteiger partial charge in [0.15, 0.2) is 6.61 Å². The van der Waals surface area contributed by atoms with Crippen LogP contribution in [-0.4, -0.2) is 77.7 Å². The molecule has 2 unspecified atom stereocenters. The molecule has 6 rings (SSSR count). The smallest absolute Gasteiger partial charge is 0.422 e. The molecule has 2 saturated carbocycles. The fraction of sp³-hybridized carbons (Fsp3) is 0.342. The highest BCUT2D eigenvalue weighted by molar-refractivity contribution is 6.35. The van der Waals surface area contributed by atoms with E-state index in [0.29, 0.717) is 23.6 Å². The lowest BCUT2D eigenvalue weighted by molar-refractivity contribution is -0.154. The van der Waals surface area contributed by atoms with Crippen molar-refractivity contribution in [2.45, 2.75) is 49.4 Å². The second-order valence-electron chi connectivity index (χ2n) is 13.5. The average Bonchev–Trinajstić information content (AvgIpc) is 4.13. The minimum atomic E-state index is -4.64. The maximum atomic E-state index is 13.2. The molecule has 57 heavy (non-hydrogen) atoms. The predicted molar refractivity (Wildman–Crippen MR) is 198 cm³/mol. The molecule has 0 radical (unpaired) electrons. The number of nitrogens with one attached hydrogen (secondary N) is 5. The molecule has 0 aliphatic heterocycles. The van der Waals surface area contributed by atoms with Crippen LogP contribution < -0.4 is 31.3 Å². The zero-order chi connectivity index (χ0) is 40.7. The quantitative estimate of drug-likeness (QED) is 0.0573. The summed E-state index contributed by atoms with van der Waals surface area (Å²) in [4.78, 5) is 62.7. The number of carbonyl (C=O) groups excluding carboxylic acids is 4. The van der Waals surface area contributed by atoms with E-state index in [0.717, 1.165) is 24.7 Å². The lowest BCUT2D eigenvalue weighted by Gasteiger charge is -2.19. The largest absolute Gasteiger partial charge is 0.467 e. The van der Waals surface area contributed by atoms with Crippen molar-refractivity contribution in [3.63, 3.8) is 0 Å². The number of halogens is 5. The zero-order valence-corrected chi connectivity index (χ0v) is 31.0. The number of methoxy groups -OCH3 is 1. The van der Waals surface area contributed by atoms with Gasteiger partial charge in [0.1, 0.15) is 11.9 Å². The summed E-state index contributed by atoms with van der Waals surface area (Å²) in [6.07, 6.45) is -2.53. The highest BCUT2D eigenvalue weighted by Gasteiger charge is 2.45. The number of anilines is 3. The summed E-state index contributed by atoms with van der Waals surface area (Å²) in [5.41, 5.74) is 1.76. The van der Waals surface area contributed by atoms with Crippen LogP contribution in [0.2, 0.25) is 5.02 Å². The zero-order valence-electron chi connectivity index (χ0n) is 30.3. The van der Waals surface area contributed by atoms with Crippen molar-refractivity contribution in [3.8, 4) is 6.01 Å². The van der Waals surface area contributed by atoms with Crippen molar-refractivity contribution < 1.29 is 46.2 Å². The van der Waals surface area contributed by atoms with Gasteiger partial charge in [-0.3, -0.25) is 14.4 Å². The van der Waals surface area contributed by atoms with Crippen LogP contribution >= 0.6 is 11.6 Å². The number of nitrogens with zero attached hydrogens (tertiary/aromatic N) is 3. The SMILES string of the molecule is COC(=O)[C@@H](CCNC(=O)C(=O)NCC1CC1c1ccc(F)cc1)NC(=O)c1ccc(Nc2nc(NC3(c4ccc(Cl)cc4)CC3)nc(OCC(F)(F)F)n2)cc1. The number of carbonyl (C=O) groups is 4. The van der Waals surface area contributed by atoms with E-state index in [2.05, 4.69) is 41.5 Å². The molecule has 3 aromatic carbocycles. The number of hydrogen-bond acceptors (Lipinski definition) is 11. The van der Waals surface area contributed by atoms with Gasteiger partial charge in [-0.1, -0.05) is 35.9 Å². The van der Waals surface area contributed by atoms with E-state index >= 15 is 0 Å². The van der Waals surface area contributed by atoms with Crippen LogP contribution in [0.25, 0.3) is 0 Å². The van der Waals surface area contributed by atoms with Crippen molar-refractivity contribution >= 4 is 52.9 Å². The summed E-state index contributed by atoms with van der Waals surface area (Å²) < 4.78 is 61.7. The molecule has 0 saturated heterocycles. The maximum absolute atomic E-state index is 13.2. The first-order valence-corrected chi connectivity index (χ1v) is 18.2. The van der Waals surface area contributed by atoms with Gasteiger partial charge in [0.2, 0.25) is 11.9 Å². The highest BCUT2D eigenvalue weighted by atomic mass is 35.5. The van der Waals surface area contributed by atoms with Crippen LogP contribution in [0.15, 0.2) is 72.8 Å². The van der Waals surface area contributed by atoms with Gasteiger partial charge in [-0.15, -0.1) is 0 Å². The Morgan fingerprint density at radius 2 is 1.56 bits per heavy atom. The summed E-state index contributed by atoms with van der Waals surface area (Å²) in [6, 6.07) is 17.3. The standard InChI is InChI=1S/C38H37ClF4N8O6/c1-56-33(55)29(14-17-44-31(53)32(54)45-19-23-18-28(23)21-2-10-26(40)11-3-21)47-30(52)22-4-12-27(13-5-22)46-34-48-35(50-36(49-34)57-20-38(41,42)43)51-37(15-16-37)24-6-8-25(39)9-7-24/h2-13,23,28-29H,14-20H2,1H3,(H,44,53)(H,45,54)(H,47,52)(H2,46,48,49,50,51)/t23?,28?,29-/m1/s1. The normalized spacial score (nSPS) is 17.0. The van der Waals surface area contributed by atoms with Crippen molar-refractivity contribution in [2.75, 3.05) is 37.4 Å². The third-order valence-corrected chi connectivity index (χ3v) is 9.59. The lowest BCUT2D eigenvalue weighted by Crippen LogP contribution is -2.45. The molecular weight excluding hydrogens is 776 g/mol. The Morgan fingerprint density at radius 1 is 0.895 bits per heavy atom. The van der Waals surface area contributed by atoms with Gasteiger partial charge < -0.3 is 36.1 Å². The molecule has 2 fully saturated rings. The molecule has 0 bridgehead atoms. The number of alkyl halides is 3. The molecule has 2 aliphatic rings. The number of hydrogen-bond donors (Lipinski definition) is 5. The van der Waals surface area contributed by atoms with Gasteiger partial charge in [-0.2, -0.15) is 28.1 Å². The number of esters is 1. The number of benzene rings is 3. The van der Waals surface area contributed by atoms with Crippen LogP contribution in [-0.2, 0) is 24.7 Å². The Bertz CT molecular complexity index is 2090. The molecule has 19 heteroatoms. The van der Waals surface area contributed by atoms with Crippen LogP contribution in [0.3, 0.4) is 0 Å². The molecule has 5 N–H and O–H groups in total. The maximum Gasteiger partial charge on any atom is 0.422 e. The molecule has 0 spiro atoms. The summed E-state index contributed by atoms with van der Waals surface area (Å²) in [5.74, 6) is -3.44. The summed E-state index contributed by atoms with van der Waals surface area (Å²) in [6.45, 7) is -1.51. The van der Waals surface area contributed by atoms with E-state index in [1.54, 1.807) is 24.3 Å². The van der Waals surface area contributed by atoms with Crippen LogP contribution in [0.1, 0.15) is 53.1 Å². The average molecular weight is 813 g/mol. The van der Waals surface area contributed by atoms with Crippen molar-refractivity contribution in [3.05, 3.63) is 100 Å². The summed E-state index contributed by atoms with van der Waals surface area (Å²) in [5, 5.41) is 14.2. The lowest BCUT2D eigenvalue weighted by atomic mass is 10.1. The first-order valence-electron chi connectivity index (χ1n) is 17.8. The Labute approximate surface area is 328 Å². The minimum absolute atomic E-state index is 0.0336. The highest BCUT2D eigenvalue weighted by Crippen LogP contribution is 2.48. The van der Waals surface area contributed by atoms with Crippen molar-refractivity contribution in [1.82, 2.24) is 30.9 Å². The molecule has 2 aliphatic carbocycles. The monoisotopic (exact) mass is 812 g/mol. The topological polar surface area (TPSA) is 186 Å². The van der Waals surface area contributed by atoms with E-state index in [1.807, 2.05) is 12.1 Å². The van der Waals surface area contributed by atoms with Crippen LogP contribution in [0, 0.1) is 11.7 Å². The Kier molecular flexibility index (Phi) is 12.4. The van der Waals surface area contributed by atoms with Gasteiger partial charge in [0.25, 0.3) is 5.91 Å². The van der Waals surface area contributed by atoms with E-state index < -0.39 is 54.1 Å². The number of aromatic nitrogens is 3. The molecule has 3 amide bonds. The fourth-order valence-corrected chi connectivity index (χ4v) is 6.17. The molecule has 300 valence electrons. The van der Waals surface area contributed by atoms with Gasteiger partial charge in [0.05, 0.1) is 12.6 Å². The van der Waals surface area contributed by atoms with Gasteiger partial charge in [-0.05, 0) is 97.2 Å². The number of rotatable bonds is 16. The second-order valence-corrected chi connectivity index (χ2v) is 14.0. The second kappa shape index (κ2) is 17.4. The van der Waals surface area contributed by atoms with Crippen molar-refractivity contribution in [2.24, 2.45) is 5.92 Å². The third-order valence-electron chi connectivity index (χ3n) is 9.34. The van der Waals surface area contributed by atoms with Gasteiger partial charge >= 0.3 is 30.0 Å². The molecule has 1 aromatic heterocycles. The van der Waals surface area contributed by atoms with E-state index in [4.69, 9.17) is 21.1 Å². The summed E-state index contributed by atoms with van der Waals surface area (Å²) in [7, 11) is 1.13. The fourth-order valence-electron chi connectivity index (χ4n) is 6.05. The molecule has 3 atom stereocenters. The minimum Gasteiger partial charge on any atom is -0.467 e. The van der Waals surface area contributed by atoms with Gasteiger partial charge in [0, 0.05) is 29.4 Å². The molecular formula is C38H37ClF4N8O6. The van der Waals surface area contributed by atoms with E-state index in [-0.39, 0.29) is 54.6 Å². The number of amides is 3. The molecule has 1 heterocycles. The van der Waals surface area contributed by atoms with Crippen LogP contribution in [0.4, 0.5) is 35.1 Å². The first kappa shape index (κ1) is 40.6. The predicted octanol–water partition coefficient (Wildman–Crippen LogP) is 5.15. The van der Waals surface area contributed by atoms with E-state index in [1.165, 1.54) is 36.4 Å². The summed E-state index contributed by atoms with van der Waals surface area (Å²) >= 11 is 6.03. The third kappa shape index (κ3) is 11.3. The van der Waals surface area contributed by atoms with Gasteiger partial charge in [-0.25, -0.2) is 9.18 Å². The van der Waals surface area contributed by atoms with Crippen LogP contribution in [0.5, 0.6) is 6.01 Å².